The Labute approximate surface area is 695 Å². The van der Waals surface area contributed by atoms with E-state index in [1.165, 1.54) is 38.2 Å². The topological polar surface area (TPSA) is 629 Å². The van der Waals surface area contributed by atoms with Crippen LogP contribution in [0.25, 0.3) is 16.5 Å². The highest BCUT2D eigenvalue weighted by molar-refractivity contribution is 6.06. The number of unbranched alkanes of at least 4 members (excludes halogenated alkanes) is 2. The molecule has 1 aliphatic heterocycles. The number of aliphatic hydroxyl groups is 1. The molecule has 1 saturated heterocycles. The molecule has 41 nitrogen and oxygen atoms in total. The Hall–Kier alpha value is -13.5. The summed E-state index contributed by atoms with van der Waals surface area (Å²) in [6.07, 6.45) is 1.92. The number of hydrogen-bond donors (Lipinski definition) is 19. The number of aromatic amines is 1. The molecule has 0 saturated carbocycles. The number of primary amides is 1. The van der Waals surface area contributed by atoms with Crippen LogP contribution in [-0.2, 0) is 113 Å². The third-order valence-corrected chi connectivity index (χ3v) is 19.3. The number of fused-ring (bicyclic) bond motifs is 1. The zero-order valence-electron chi connectivity index (χ0n) is 67.8. The molecule has 0 spiro atoms. The van der Waals surface area contributed by atoms with Gasteiger partial charge in [0.15, 0.2) is 11.6 Å². The van der Waals surface area contributed by atoms with Crippen LogP contribution in [0.2, 0.25) is 0 Å². The second-order valence-electron chi connectivity index (χ2n) is 28.7. The number of Topliss-reactive ketones (excluding diaryl/α,β-unsaturated/α-hetero) is 2. The monoisotopic (exact) mass is 1690 g/mol. The maximum absolute atomic E-state index is 15.2. The largest absolute Gasteiger partial charge is 0.481 e. The van der Waals surface area contributed by atoms with Gasteiger partial charge in [-0.1, -0.05) is 94.8 Å². The molecule has 5 rings (SSSR count). The lowest BCUT2D eigenvalue weighted by Crippen LogP contribution is -2.61. The predicted octanol–water partition coefficient (Wildman–Crippen LogP) is -3.72. The van der Waals surface area contributed by atoms with Crippen molar-refractivity contribution in [1.82, 2.24) is 74.1 Å². The van der Waals surface area contributed by atoms with E-state index in [-0.39, 0.29) is 62.2 Å². The minimum absolute atomic E-state index is 0.00285. The van der Waals surface area contributed by atoms with E-state index in [1.807, 2.05) is 24.3 Å². The maximum Gasteiger partial charge on any atom is 0.305 e. The zero-order chi connectivity index (χ0) is 89.4. The van der Waals surface area contributed by atoms with Gasteiger partial charge in [-0.2, -0.15) is 0 Å². The number of rotatable bonds is 37. The van der Waals surface area contributed by atoms with Gasteiger partial charge in [0.1, 0.15) is 73.6 Å². The van der Waals surface area contributed by atoms with Gasteiger partial charge in [0.05, 0.1) is 45.2 Å². The van der Waals surface area contributed by atoms with E-state index in [9.17, 15) is 96.5 Å². The number of aliphatic hydroxyl groups excluding tert-OH is 1. The number of para-hydroxylation sites is 2. The molecular formula is C80H107N17O24. The number of carboxylic acids is 1. The summed E-state index contributed by atoms with van der Waals surface area (Å²) in [6, 6.07) is 0.0760. The van der Waals surface area contributed by atoms with E-state index in [1.54, 1.807) is 43.5 Å². The molecule has 41 heteroatoms. The molecule has 1 unspecified atom stereocenters. The number of ketones is 2. The molecule has 13 amide bonds. The predicted molar refractivity (Wildman–Crippen MR) is 433 cm³/mol. The number of carbonyl (C=O) groups excluding carboxylic acids is 18. The molecule has 656 valence electrons. The van der Waals surface area contributed by atoms with E-state index >= 15 is 4.79 Å². The van der Waals surface area contributed by atoms with Gasteiger partial charge in [-0.25, -0.2) is 0 Å². The van der Waals surface area contributed by atoms with Crippen LogP contribution in [0, 0.1) is 11.8 Å². The first-order valence-corrected chi connectivity index (χ1v) is 38.8. The fourth-order valence-corrected chi connectivity index (χ4v) is 12.6. The second kappa shape index (κ2) is 50.3. The Balaban J connectivity index is 1.61. The van der Waals surface area contributed by atoms with Gasteiger partial charge in [0.2, 0.25) is 76.8 Å². The van der Waals surface area contributed by atoms with Crippen molar-refractivity contribution in [3.8, 4) is 0 Å². The molecule has 1 aromatic heterocycles. The first-order valence-electron chi connectivity index (χ1n) is 38.8. The quantitative estimate of drug-likeness (QED) is 0.00679. The van der Waals surface area contributed by atoms with Crippen LogP contribution < -0.4 is 85.9 Å². The number of aromatic nitrogens is 1. The van der Waals surface area contributed by atoms with Gasteiger partial charge in [-0.05, 0) is 92.5 Å². The molecular weight excluding hydrogens is 1580 g/mol. The summed E-state index contributed by atoms with van der Waals surface area (Å²) in [5, 5.41) is 55.1. The van der Waals surface area contributed by atoms with Crippen molar-refractivity contribution in [3.63, 3.8) is 0 Å². The van der Waals surface area contributed by atoms with Crippen LogP contribution in [0.15, 0.2) is 97.3 Å². The Morgan fingerprint density at radius 1 is 0.645 bits per heavy atom. The number of carboxylic acid groups (broad SMARTS) is 1. The van der Waals surface area contributed by atoms with Crippen LogP contribution in [-0.4, -0.2) is 249 Å². The molecule has 121 heavy (non-hydrogen) atoms. The summed E-state index contributed by atoms with van der Waals surface area (Å²) in [6.45, 7) is 5.69. The molecule has 2 heterocycles. The van der Waals surface area contributed by atoms with Crippen LogP contribution in [0.1, 0.15) is 119 Å². The van der Waals surface area contributed by atoms with Crippen LogP contribution in [0.4, 0.5) is 5.69 Å². The third kappa shape index (κ3) is 32.1. The Kier molecular flexibility index (Phi) is 40.8. The van der Waals surface area contributed by atoms with E-state index in [0.29, 0.717) is 27.6 Å². The summed E-state index contributed by atoms with van der Waals surface area (Å²) in [5.41, 5.74) is 14.8. The highest BCUT2D eigenvalue weighted by atomic mass is 16.5. The highest BCUT2D eigenvalue weighted by Gasteiger charge is 2.40. The molecule has 0 aliphatic carbocycles. The maximum atomic E-state index is 15.2. The van der Waals surface area contributed by atoms with Crippen molar-refractivity contribution in [3.05, 3.63) is 120 Å². The molecule has 1 fully saturated rings. The van der Waals surface area contributed by atoms with E-state index in [0.717, 1.165) is 45.1 Å². The number of ether oxygens (including phenoxy) is 3. The van der Waals surface area contributed by atoms with E-state index in [4.69, 9.17) is 25.7 Å². The lowest BCUT2D eigenvalue weighted by Gasteiger charge is -2.30. The first-order chi connectivity index (χ1) is 57.7. The third-order valence-electron chi connectivity index (χ3n) is 19.3. The number of allylic oxidation sites excluding steroid dienone is 1. The second-order valence-corrected chi connectivity index (χ2v) is 28.7. The number of H-pyrrole nitrogens is 1. The minimum Gasteiger partial charge on any atom is -0.481 e. The Morgan fingerprint density at radius 2 is 1.24 bits per heavy atom. The van der Waals surface area contributed by atoms with Gasteiger partial charge < -0.3 is 115 Å². The molecule has 0 bridgehead atoms. The highest BCUT2D eigenvalue weighted by Crippen LogP contribution is 2.23. The van der Waals surface area contributed by atoms with E-state index in [2.05, 4.69) is 92.9 Å². The Bertz CT molecular complexity index is 4400. The van der Waals surface area contributed by atoms with Crippen molar-refractivity contribution >= 4 is 136 Å². The lowest BCUT2D eigenvalue weighted by atomic mass is 9.89. The molecule has 13 atom stereocenters. The number of carbonyl (C=O) groups is 19. The molecule has 21 N–H and O–H groups in total. The van der Waals surface area contributed by atoms with Gasteiger partial charge in [-0.15, -0.1) is 0 Å². The lowest BCUT2D eigenvalue weighted by molar-refractivity contribution is -0.142. The minimum atomic E-state index is -2.31. The summed E-state index contributed by atoms with van der Waals surface area (Å²) in [4.78, 5) is 265. The summed E-state index contributed by atoms with van der Waals surface area (Å²) in [5.74, 6) is -22.2. The Morgan fingerprint density at radius 3 is 1.88 bits per heavy atom. The van der Waals surface area contributed by atoms with Crippen molar-refractivity contribution in [1.29, 1.82) is 0 Å². The molecule has 3 aromatic carbocycles. The van der Waals surface area contributed by atoms with Crippen LogP contribution in [0.5, 0.6) is 0 Å². The average molecular weight is 1690 g/mol. The van der Waals surface area contributed by atoms with Gasteiger partial charge in [-0.3, -0.25) is 91.1 Å². The summed E-state index contributed by atoms with van der Waals surface area (Å²) >= 11 is 0. The number of nitrogens with one attached hydrogen (secondary N) is 15. The standard InChI is InChI=1S/C80H107N17O24/c1-8-9-10-16-48-22-24-49(25-23-48)43(2)28-66(105)89-57(29-50-33-85-54-20-14-11-17-51(50)54)74(112)92-58(31-65(82)104)75(113)93-59(32-69(108)109)76(114)96-70-44(3)27-64(103)56(30-63(102)52-18-12-13-19-53(52)83-7)91-80(118)71(45(4)37-119-40-99)97-77(115)60(36-98)90-67(106)34-84-46(5)61(38-120-41-100)94-72(110)47(6)87-78(116)62(39-121-42-101)95-73(111)55(21-15-26-81)88-68(107)35-86-79(70)117/h11-14,17-20,22-25,28,33,40-42,44-45,47,55-62,70-71,83-85,98H,5,8-10,15-16,21,26-27,29-32,34-39,81H2,1-4,6-7H3,(H2,82,104)(H,86,117)(H,87,116)(H,88,107)(H,89,105)(H,90,106)(H,91,118)(H,92,112)(H,93,113)(H,94,110)(H,95,111)(H,96,114)(H,97,115)(H,108,109)/b43-28+/t44-,45?,47+,55-,56-,57-,58+,59-,60+,61-,62-,70-,71-/m0/s1. The van der Waals surface area contributed by atoms with Crippen molar-refractivity contribution in [2.24, 2.45) is 23.3 Å². The summed E-state index contributed by atoms with van der Waals surface area (Å²) < 4.78 is 14.6. The normalized spacial score (nSPS) is 20.8. The fourth-order valence-electron chi connectivity index (χ4n) is 12.6. The van der Waals surface area contributed by atoms with Crippen LogP contribution >= 0.6 is 0 Å². The van der Waals surface area contributed by atoms with Gasteiger partial charge >= 0.3 is 5.97 Å². The van der Waals surface area contributed by atoms with Gasteiger partial charge in [0, 0.05) is 72.4 Å². The fraction of sp³-hybridized carbons (Fsp3) is 0.463. The number of aryl methyl sites for hydroxylation is 1. The van der Waals surface area contributed by atoms with Crippen molar-refractivity contribution in [2.45, 2.75) is 172 Å². The first kappa shape index (κ1) is 98.1. The van der Waals surface area contributed by atoms with Crippen molar-refractivity contribution in [2.75, 3.05) is 58.4 Å². The number of nitrogens with two attached hydrogens (primary N) is 2. The number of amides is 13. The average Bonchev–Trinajstić information content (AvgIpc) is 1.73. The van der Waals surface area contributed by atoms with Crippen LogP contribution in [0.3, 0.4) is 0 Å². The smallest absolute Gasteiger partial charge is 0.305 e. The zero-order valence-corrected chi connectivity index (χ0v) is 67.8. The number of anilines is 1. The SMILES string of the molecule is C=C1NCC(=O)N[C@H](CO)C(=O)N[C@@H](C(C)COC=O)C(=O)N[C@@H](CC(=O)c2ccccc2NC)C(=O)C[C@H](C)[C@H](NC(=O)[C@H](CC(=O)O)NC(=O)[C@@H](CC(N)=O)NC(=O)[C@H](Cc2c[nH]c3ccccc23)NC(=O)/C=C(\C)c2ccc(CCCCC)cc2)C(=O)NCC(=O)N[C@@H](CCCN)C(=O)N[C@@H](COC=O)C(=O)N[C@H](C)C(=O)N[C@H]1COC=O. The van der Waals surface area contributed by atoms with Gasteiger partial charge in [0.25, 0.3) is 19.4 Å². The number of aliphatic carboxylic acids is 1. The molecule has 1 aliphatic rings. The summed E-state index contributed by atoms with van der Waals surface area (Å²) in [7, 11) is 1.47. The molecule has 4 aromatic rings. The molecule has 0 radical (unpaired) electrons. The number of hydrogen-bond acceptors (Lipinski definition) is 26. The number of benzene rings is 3. The van der Waals surface area contributed by atoms with E-state index < -0.39 is 238 Å². The van der Waals surface area contributed by atoms with Crippen molar-refractivity contribution < 1.29 is 116 Å².